The lowest BCUT2D eigenvalue weighted by molar-refractivity contribution is 0.332. The number of benzene rings is 6. The molecule has 13 rings (SSSR count). The first-order valence-corrected chi connectivity index (χ1v) is 21.5. The van der Waals surface area contributed by atoms with Gasteiger partial charge in [-0.15, -0.1) is 11.3 Å². The second-order valence-electron chi connectivity index (χ2n) is 19.1. The first kappa shape index (κ1) is 32.6. The molecule has 57 heavy (non-hydrogen) atoms. The van der Waals surface area contributed by atoms with Crippen LogP contribution < -0.4 is 16.0 Å². The van der Waals surface area contributed by atoms with Crippen molar-refractivity contribution >= 4 is 88.5 Å². The van der Waals surface area contributed by atoms with Crippen molar-refractivity contribution in [3.8, 4) is 22.3 Å². The number of aromatic nitrogens is 1. The molecule has 0 atom stereocenters. The lowest BCUT2D eigenvalue weighted by Gasteiger charge is -2.44. The molecule has 0 radical (unpaired) electrons. The van der Waals surface area contributed by atoms with Crippen molar-refractivity contribution in [2.24, 2.45) is 0 Å². The Kier molecular flexibility index (Phi) is 5.89. The molecule has 0 spiro atoms. The summed E-state index contributed by atoms with van der Waals surface area (Å²) < 4.78 is 11.3. The second kappa shape index (κ2) is 10.3. The maximum absolute atomic E-state index is 7.33. The number of thiophene rings is 1. The van der Waals surface area contributed by atoms with Crippen LogP contribution in [0.15, 0.2) is 114 Å². The van der Waals surface area contributed by atoms with Gasteiger partial charge in [0.2, 0.25) is 0 Å². The molecule has 276 valence electrons. The van der Waals surface area contributed by atoms with Crippen LogP contribution in [-0.4, -0.2) is 11.3 Å². The minimum Gasteiger partial charge on any atom is -0.466 e. The summed E-state index contributed by atoms with van der Waals surface area (Å²) in [7, 11) is 0. The lowest BCUT2D eigenvalue weighted by atomic mass is 9.47. The summed E-state index contributed by atoms with van der Waals surface area (Å²) in [6.07, 6.45) is 2.36. The van der Waals surface area contributed by atoms with Gasteiger partial charge in [-0.2, -0.15) is 0 Å². The van der Waals surface area contributed by atoms with Gasteiger partial charge in [0, 0.05) is 54.1 Å². The molecule has 0 amide bonds. The highest BCUT2D eigenvalue weighted by molar-refractivity contribution is 7.26. The molecule has 9 aromatic rings. The molecule has 3 aromatic heterocycles. The predicted octanol–water partition coefficient (Wildman–Crippen LogP) is 13.1. The minimum atomic E-state index is -0.182. The van der Waals surface area contributed by atoms with E-state index in [-0.39, 0.29) is 23.1 Å². The Morgan fingerprint density at radius 1 is 0.632 bits per heavy atom. The SMILES string of the molecule is Cc1cc2c(cc1N1c3cc4c(c5c3B(c3oc6ccccc6c31)n1c3sc6ccccc6c3c3cccc-5c31)-c1ccccc1C4(C)C)C(C)(C)CCC2(C)C. The number of furan rings is 1. The highest BCUT2D eigenvalue weighted by Crippen LogP contribution is 2.59. The van der Waals surface area contributed by atoms with Gasteiger partial charge >= 0.3 is 6.85 Å². The van der Waals surface area contributed by atoms with E-state index in [0.29, 0.717) is 0 Å². The molecule has 6 aromatic carbocycles. The van der Waals surface area contributed by atoms with Crippen molar-refractivity contribution < 1.29 is 4.42 Å². The van der Waals surface area contributed by atoms with Crippen molar-refractivity contribution in [1.29, 1.82) is 0 Å². The Bertz CT molecular complexity index is 3310. The Balaban J connectivity index is 1.25. The van der Waals surface area contributed by atoms with Crippen molar-refractivity contribution in [3.63, 3.8) is 0 Å². The Morgan fingerprint density at radius 3 is 2.12 bits per heavy atom. The highest BCUT2D eigenvalue weighted by atomic mass is 32.1. The molecule has 4 aliphatic rings. The summed E-state index contributed by atoms with van der Waals surface area (Å²) in [4.78, 5) is 3.95. The molecular formula is C52H43BN2OS. The summed E-state index contributed by atoms with van der Waals surface area (Å²) in [5.74, 6) is 0. The summed E-state index contributed by atoms with van der Waals surface area (Å²) in [5, 5.41) is 5.17. The molecule has 2 aliphatic heterocycles. The van der Waals surface area contributed by atoms with Gasteiger partial charge in [0.1, 0.15) is 11.2 Å². The van der Waals surface area contributed by atoms with E-state index in [1.807, 2.05) is 11.3 Å². The topological polar surface area (TPSA) is 21.3 Å². The largest absolute Gasteiger partial charge is 0.466 e. The van der Waals surface area contributed by atoms with Crippen LogP contribution in [0.3, 0.4) is 0 Å². The number of rotatable bonds is 1. The predicted molar refractivity (Wildman–Crippen MR) is 243 cm³/mol. The van der Waals surface area contributed by atoms with E-state index < -0.39 is 0 Å². The molecule has 0 bridgehead atoms. The zero-order chi connectivity index (χ0) is 38.5. The fourth-order valence-electron chi connectivity index (χ4n) is 11.8. The Morgan fingerprint density at radius 2 is 1.30 bits per heavy atom. The van der Waals surface area contributed by atoms with E-state index in [1.54, 1.807) is 0 Å². The smallest absolute Gasteiger partial charge is 0.376 e. The van der Waals surface area contributed by atoms with Crippen LogP contribution in [0, 0.1) is 6.92 Å². The van der Waals surface area contributed by atoms with Crippen LogP contribution >= 0.6 is 11.3 Å². The maximum Gasteiger partial charge on any atom is 0.376 e. The van der Waals surface area contributed by atoms with Crippen molar-refractivity contribution in [3.05, 3.63) is 137 Å². The first-order valence-electron chi connectivity index (χ1n) is 20.7. The van der Waals surface area contributed by atoms with E-state index in [2.05, 4.69) is 167 Å². The molecule has 5 heterocycles. The van der Waals surface area contributed by atoms with Crippen LogP contribution in [0.25, 0.3) is 64.4 Å². The van der Waals surface area contributed by atoms with Gasteiger partial charge in [-0.1, -0.05) is 120 Å². The number of anilines is 3. The second-order valence-corrected chi connectivity index (χ2v) is 20.2. The quantitative estimate of drug-likeness (QED) is 0.156. The third-order valence-electron chi connectivity index (χ3n) is 14.8. The maximum atomic E-state index is 7.33. The van der Waals surface area contributed by atoms with Gasteiger partial charge in [-0.3, -0.25) is 0 Å². The molecule has 2 aliphatic carbocycles. The number of aryl methyl sites for hydroxylation is 1. The fourth-order valence-corrected chi connectivity index (χ4v) is 13.0. The minimum absolute atomic E-state index is 0.0659. The van der Waals surface area contributed by atoms with Gasteiger partial charge < -0.3 is 13.8 Å². The lowest BCUT2D eigenvalue weighted by Crippen LogP contribution is -2.56. The average molecular weight is 755 g/mol. The fraction of sp³-hybridized carbons (Fsp3) is 0.231. The van der Waals surface area contributed by atoms with Crippen LogP contribution in [0.2, 0.25) is 0 Å². The van der Waals surface area contributed by atoms with Gasteiger partial charge in [0.25, 0.3) is 0 Å². The molecule has 0 fully saturated rings. The Hall–Kier alpha value is -5.52. The zero-order valence-electron chi connectivity index (χ0n) is 33.6. The molecule has 3 nitrogen and oxygen atoms in total. The Labute approximate surface area is 337 Å². The number of fused-ring (bicyclic) bond motifs is 16. The standard InChI is InChI=1S/C52H43BN2OS/c1-28-25-35-36(51(4,5)24-23-50(35,2)3)26-38(28)54-39-27-37-43(29-15-8-11-20-34(29)52(37,6)7)44-33-19-14-18-32-42-31-17-10-13-22-41(31)57-49(42)55(46(32)33)53(45(39)44)48-47(54)30-16-9-12-21-40(30)56-48/h8-22,25-27H,23-24H2,1-7H3. The molecule has 0 unspecified atom stereocenters. The molecular weight excluding hydrogens is 711 g/mol. The van der Waals surface area contributed by atoms with Crippen molar-refractivity contribution in [1.82, 2.24) is 4.48 Å². The number of nitrogens with zero attached hydrogens (tertiary/aromatic N) is 2. The van der Waals surface area contributed by atoms with Crippen molar-refractivity contribution in [2.75, 3.05) is 4.90 Å². The average Bonchev–Trinajstić information content (AvgIpc) is 3.92. The van der Waals surface area contributed by atoms with E-state index in [1.165, 1.54) is 117 Å². The first-order chi connectivity index (χ1) is 27.5. The third kappa shape index (κ3) is 3.81. The van der Waals surface area contributed by atoms with Crippen LogP contribution in [0.5, 0.6) is 0 Å². The van der Waals surface area contributed by atoms with Gasteiger partial charge in [-0.05, 0) is 111 Å². The molecule has 5 heteroatoms. The summed E-state index contributed by atoms with van der Waals surface area (Å²) in [5.41, 5.74) is 20.8. The highest BCUT2D eigenvalue weighted by Gasteiger charge is 2.51. The number of hydrogen-bond acceptors (Lipinski definition) is 3. The number of para-hydroxylation sites is 2. The van der Waals surface area contributed by atoms with E-state index in [0.717, 1.165) is 16.6 Å². The summed E-state index contributed by atoms with van der Waals surface area (Å²) >= 11 is 1.92. The molecule has 0 saturated carbocycles. The van der Waals surface area contributed by atoms with Crippen LogP contribution in [0.4, 0.5) is 17.1 Å². The van der Waals surface area contributed by atoms with Gasteiger partial charge in [0.05, 0.1) is 10.5 Å². The number of hydrogen-bond donors (Lipinski definition) is 0. The summed E-state index contributed by atoms with van der Waals surface area (Å²) in [6.45, 7) is 16.8. The van der Waals surface area contributed by atoms with Crippen molar-refractivity contribution in [2.45, 2.75) is 77.6 Å². The van der Waals surface area contributed by atoms with E-state index in [9.17, 15) is 0 Å². The van der Waals surface area contributed by atoms with Crippen LogP contribution in [0.1, 0.15) is 82.2 Å². The summed E-state index contributed by atoms with van der Waals surface area (Å²) in [6, 6.07) is 41.7. The third-order valence-corrected chi connectivity index (χ3v) is 15.9. The van der Waals surface area contributed by atoms with Gasteiger partial charge in [0.15, 0.2) is 0 Å². The molecule has 0 saturated heterocycles. The van der Waals surface area contributed by atoms with Crippen LogP contribution in [-0.2, 0) is 16.2 Å². The zero-order valence-corrected chi connectivity index (χ0v) is 34.4. The normalized spacial score (nSPS) is 17.6. The van der Waals surface area contributed by atoms with Gasteiger partial charge in [-0.25, -0.2) is 0 Å². The van der Waals surface area contributed by atoms with E-state index in [4.69, 9.17) is 4.42 Å². The monoisotopic (exact) mass is 754 g/mol. The van der Waals surface area contributed by atoms with E-state index >= 15 is 0 Å². The molecule has 0 N–H and O–H groups in total.